The van der Waals surface area contributed by atoms with Crippen LogP contribution in [-0.4, -0.2) is 46.8 Å². The molecular formula is C25H28O7. The Bertz CT molecular complexity index is 1020. The summed E-state index contributed by atoms with van der Waals surface area (Å²) in [5, 5.41) is 0. The van der Waals surface area contributed by atoms with Gasteiger partial charge in [0.05, 0.1) is 35.0 Å². The van der Waals surface area contributed by atoms with E-state index >= 15 is 0 Å². The summed E-state index contributed by atoms with van der Waals surface area (Å²) in [4.78, 5) is 26.1. The van der Waals surface area contributed by atoms with Crippen molar-refractivity contribution in [2.45, 2.75) is 19.3 Å². The summed E-state index contributed by atoms with van der Waals surface area (Å²) in [6.45, 7) is 1.91. The Labute approximate surface area is 187 Å². The van der Waals surface area contributed by atoms with E-state index in [2.05, 4.69) is 0 Å². The molecule has 1 aliphatic rings. The number of rotatable bonds is 8. The van der Waals surface area contributed by atoms with Gasteiger partial charge in [-0.2, -0.15) is 0 Å². The normalized spacial score (nSPS) is 17.9. The first-order valence-electron chi connectivity index (χ1n) is 10.3. The Morgan fingerprint density at radius 2 is 1.56 bits per heavy atom. The summed E-state index contributed by atoms with van der Waals surface area (Å²) in [6.07, 6.45) is 1.91. The van der Waals surface area contributed by atoms with Crippen molar-refractivity contribution in [3.63, 3.8) is 0 Å². The molecule has 32 heavy (non-hydrogen) atoms. The van der Waals surface area contributed by atoms with Crippen molar-refractivity contribution in [2.24, 2.45) is 5.92 Å². The van der Waals surface area contributed by atoms with Crippen molar-refractivity contribution in [1.29, 1.82) is 0 Å². The second-order valence-corrected chi connectivity index (χ2v) is 7.29. The van der Waals surface area contributed by atoms with Gasteiger partial charge in [-0.15, -0.1) is 0 Å². The number of ether oxygens (including phenoxy) is 5. The third kappa shape index (κ3) is 4.56. The van der Waals surface area contributed by atoms with Crippen LogP contribution in [0, 0.1) is 5.92 Å². The SMILES string of the molecule is CCOC(=O)[C@@H]1C(=O)C=C(c2ccc(OC)cc2OC)C[C@H]1c1cc(OC)ccc1OC. The quantitative estimate of drug-likeness (QED) is 0.453. The molecule has 3 rings (SSSR count). The Kier molecular flexibility index (Phi) is 7.41. The number of carbonyl (C=O) groups is 2. The molecule has 0 aromatic heterocycles. The van der Waals surface area contributed by atoms with E-state index in [-0.39, 0.29) is 12.4 Å². The molecule has 1 aliphatic carbocycles. The first kappa shape index (κ1) is 23.2. The number of allylic oxidation sites excluding steroid dienone is 2. The third-order valence-electron chi connectivity index (χ3n) is 5.60. The molecule has 0 saturated carbocycles. The van der Waals surface area contributed by atoms with Gasteiger partial charge in [0, 0.05) is 23.1 Å². The minimum atomic E-state index is -0.982. The van der Waals surface area contributed by atoms with Crippen LogP contribution in [0.15, 0.2) is 42.5 Å². The molecule has 2 aromatic rings. The van der Waals surface area contributed by atoms with E-state index in [9.17, 15) is 9.59 Å². The Morgan fingerprint density at radius 3 is 2.19 bits per heavy atom. The van der Waals surface area contributed by atoms with E-state index in [0.717, 1.165) is 11.1 Å². The number of hydrogen-bond acceptors (Lipinski definition) is 7. The summed E-state index contributed by atoms with van der Waals surface area (Å²) in [6, 6.07) is 10.8. The fourth-order valence-electron chi connectivity index (χ4n) is 4.06. The number of ketones is 1. The van der Waals surface area contributed by atoms with Crippen LogP contribution in [0.1, 0.15) is 30.4 Å². The highest BCUT2D eigenvalue weighted by Crippen LogP contribution is 2.46. The minimum absolute atomic E-state index is 0.188. The van der Waals surface area contributed by atoms with Crippen molar-refractivity contribution in [2.75, 3.05) is 35.0 Å². The lowest BCUT2D eigenvalue weighted by Gasteiger charge is -2.31. The van der Waals surface area contributed by atoms with Crippen LogP contribution in [-0.2, 0) is 14.3 Å². The standard InChI is InChI=1S/C25H28O7/c1-6-32-25(27)24-20(19-13-16(28-2)8-10-22(19)30-4)11-15(12-21(24)26)18-9-7-17(29-3)14-23(18)31-5/h7-10,12-14,20,24H,6,11H2,1-5H3/t20-,24-/m0/s1. The molecule has 170 valence electrons. The van der Waals surface area contributed by atoms with E-state index < -0.39 is 17.8 Å². The molecule has 2 aromatic carbocycles. The maximum absolute atomic E-state index is 13.2. The Balaban J connectivity index is 2.14. The molecule has 2 atom stereocenters. The maximum atomic E-state index is 13.2. The fourth-order valence-corrected chi connectivity index (χ4v) is 4.06. The number of hydrogen-bond donors (Lipinski definition) is 0. The van der Waals surface area contributed by atoms with Crippen LogP contribution < -0.4 is 18.9 Å². The van der Waals surface area contributed by atoms with Crippen LogP contribution in [0.2, 0.25) is 0 Å². The highest BCUT2D eigenvalue weighted by Gasteiger charge is 2.41. The largest absolute Gasteiger partial charge is 0.497 e. The summed E-state index contributed by atoms with van der Waals surface area (Å²) < 4.78 is 27.0. The topological polar surface area (TPSA) is 80.3 Å². The van der Waals surface area contributed by atoms with Crippen LogP contribution in [0.3, 0.4) is 0 Å². The number of esters is 1. The van der Waals surface area contributed by atoms with Gasteiger partial charge >= 0.3 is 5.97 Å². The zero-order chi connectivity index (χ0) is 23.3. The van der Waals surface area contributed by atoms with Crippen LogP contribution in [0.25, 0.3) is 5.57 Å². The first-order valence-corrected chi connectivity index (χ1v) is 10.3. The summed E-state index contributed by atoms with van der Waals surface area (Å²) >= 11 is 0. The van der Waals surface area contributed by atoms with Crippen molar-refractivity contribution < 1.29 is 33.3 Å². The van der Waals surface area contributed by atoms with Gasteiger partial charge in [0.15, 0.2) is 5.78 Å². The molecule has 0 N–H and O–H groups in total. The second kappa shape index (κ2) is 10.2. The summed E-state index contributed by atoms with van der Waals surface area (Å²) in [5.74, 6) is 0.0390. The van der Waals surface area contributed by atoms with E-state index in [1.165, 1.54) is 6.08 Å². The van der Waals surface area contributed by atoms with Crippen molar-refractivity contribution in [3.8, 4) is 23.0 Å². The molecule has 0 aliphatic heterocycles. The van der Waals surface area contributed by atoms with Crippen molar-refractivity contribution in [1.82, 2.24) is 0 Å². The van der Waals surface area contributed by atoms with E-state index in [4.69, 9.17) is 23.7 Å². The van der Waals surface area contributed by atoms with E-state index in [1.807, 2.05) is 12.1 Å². The van der Waals surface area contributed by atoms with Gasteiger partial charge in [-0.25, -0.2) is 0 Å². The van der Waals surface area contributed by atoms with Gasteiger partial charge in [-0.05, 0) is 55.3 Å². The molecule has 0 radical (unpaired) electrons. The van der Waals surface area contributed by atoms with E-state index in [0.29, 0.717) is 35.0 Å². The van der Waals surface area contributed by atoms with Gasteiger partial charge in [0.25, 0.3) is 0 Å². The lowest BCUT2D eigenvalue weighted by atomic mass is 9.73. The average molecular weight is 440 g/mol. The van der Waals surface area contributed by atoms with Gasteiger partial charge in [-0.3, -0.25) is 9.59 Å². The van der Waals surface area contributed by atoms with Gasteiger partial charge in [-0.1, -0.05) is 0 Å². The lowest BCUT2D eigenvalue weighted by Crippen LogP contribution is -2.34. The molecule has 0 unspecified atom stereocenters. The summed E-state index contributed by atoms with van der Waals surface area (Å²) in [7, 11) is 6.26. The monoisotopic (exact) mass is 440 g/mol. The Hall–Kier alpha value is -3.48. The zero-order valence-electron chi connectivity index (χ0n) is 19.0. The van der Waals surface area contributed by atoms with Crippen LogP contribution in [0.5, 0.6) is 23.0 Å². The predicted molar refractivity (Wildman–Crippen MR) is 120 cm³/mol. The van der Waals surface area contributed by atoms with E-state index in [1.54, 1.807) is 59.6 Å². The second-order valence-electron chi connectivity index (χ2n) is 7.29. The average Bonchev–Trinajstić information content (AvgIpc) is 2.82. The molecule has 0 heterocycles. The molecular weight excluding hydrogens is 412 g/mol. The fraction of sp³-hybridized carbons (Fsp3) is 0.360. The Morgan fingerprint density at radius 1 is 0.906 bits per heavy atom. The smallest absolute Gasteiger partial charge is 0.317 e. The molecule has 0 spiro atoms. The maximum Gasteiger partial charge on any atom is 0.317 e. The van der Waals surface area contributed by atoms with Crippen molar-refractivity contribution in [3.05, 3.63) is 53.6 Å². The first-order chi connectivity index (χ1) is 15.5. The number of methoxy groups -OCH3 is 4. The van der Waals surface area contributed by atoms with Gasteiger partial charge < -0.3 is 23.7 Å². The molecule has 0 amide bonds. The molecule has 0 bridgehead atoms. The van der Waals surface area contributed by atoms with Gasteiger partial charge in [0.2, 0.25) is 0 Å². The summed E-state index contributed by atoms with van der Waals surface area (Å²) in [5.41, 5.74) is 2.22. The van der Waals surface area contributed by atoms with Crippen LogP contribution in [0.4, 0.5) is 0 Å². The molecule has 0 saturated heterocycles. The van der Waals surface area contributed by atoms with Gasteiger partial charge in [0.1, 0.15) is 28.9 Å². The molecule has 7 nitrogen and oxygen atoms in total. The number of carbonyl (C=O) groups excluding carboxylic acids is 2. The van der Waals surface area contributed by atoms with Crippen LogP contribution >= 0.6 is 0 Å². The lowest BCUT2D eigenvalue weighted by molar-refractivity contribution is -0.151. The number of benzene rings is 2. The predicted octanol–water partition coefficient (Wildman–Crippen LogP) is 4.04. The third-order valence-corrected chi connectivity index (χ3v) is 5.60. The van der Waals surface area contributed by atoms with Crippen molar-refractivity contribution >= 4 is 17.3 Å². The highest BCUT2D eigenvalue weighted by molar-refractivity contribution is 6.11. The molecule has 7 heteroatoms. The minimum Gasteiger partial charge on any atom is -0.497 e. The molecule has 0 fully saturated rings. The highest BCUT2D eigenvalue weighted by atomic mass is 16.5. The zero-order valence-corrected chi connectivity index (χ0v) is 19.0.